The van der Waals surface area contributed by atoms with Gasteiger partial charge in [0.15, 0.2) is 5.82 Å². The van der Waals surface area contributed by atoms with Crippen molar-refractivity contribution >= 4 is 11.8 Å². The van der Waals surface area contributed by atoms with Crippen LogP contribution in [0.5, 0.6) is 5.75 Å². The molecular weight excluding hydrogens is 316 g/mol. The van der Waals surface area contributed by atoms with Crippen molar-refractivity contribution in [3.05, 3.63) is 36.0 Å². The number of thioether (sulfide) groups is 1. The Morgan fingerprint density at radius 2 is 1.96 bits per heavy atom. The first-order chi connectivity index (χ1) is 11.2. The molecular formula is C14H16N6O2S. The van der Waals surface area contributed by atoms with Crippen molar-refractivity contribution in [1.82, 2.24) is 25.1 Å². The van der Waals surface area contributed by atoms with Gasteiger partial charge in [-0.25, -0.2) is 4.68 Å². The molecule has 2 N–H and O–H groups in total. The molecule has 0 unspecified atom stereocenters. The molecule has 0 radical (unpaired) electrons. The van der Waals surface area contributed by atoms with E-state index in [-0.39, 0.29) is 0 Å². The summed E-state index contributed by atoms with van der Waals surface area (Å²) in [4.78, 5) is 0. The van der Waals surface area contributed by atoms with Crippen LogP contribution in [0.4, 0.5) is 0 Å². The van der Waals surface area contributed by atoms with Gasteiger partial charge < -0.3 is 15.0 Å². The maximum absolute atomic E-state index is 6.10. The lowest BCUT2D eigenvalue weighted by atomic mass is 10.2. The van der Waals surface area contributed by atoms with Crippen molar-refractivity contribution in [1.29, 1.82) is 0 Å². The molecule has 0 bridgehead atoms. The van der Waals surface area contributed by atoms with Gasteiger partial charge in [0.1, 0.15) is 5.75 Å². The topological polar surface area (TPSA) is 105 Å². The zero-order chi connectivity index (χ0) is 16.2. The van der Waals surface area contributed by atoms with Crippen LogP contribution >= 0.6 is 11.8 Å². The molecule has 2 aromatic heterocycles. The normalized spacial score (nSPS) is 10.9. The van der Waals surface area contributed by atoms with Crippen LogP contribution in [0.2, 0.25) is 0 Å². The Balaban J connectivity index is 1.79. The SMILES string of the molecule is CCc1nnc(CSc2nnc(-c3ccccc3OC)n2N)o1. The van der Waals surface area contributed by atoms with E-state index in [0.717, 1.165) is 5.56 Å². The third kappa shape index (κ3) is 3.14. The smallest absolute Gasteiger partial charge is 0.226 e. The van der Waals surface area contributed by atoms with E-state index in [1.165, 1.54) is 16.4 Å². The molecule has 1 aromatic carbocycles. The summed E-state index contributed by atoms with van der Waals surface area (Å²) in [6.07, 6.45) is 0.711. The number of para-hydroxylation sites is 1. The van der Waals surface area contributed by atoms with Gasteiger partial charge in [-0.15, -0.1) is 20.4 Å². The second kappa shape index (κ2) is 6.69. The van der Waals surface area contributed by atoms with Gasteiger partial charge in [0.05, 0.1) is 18.4 Å². The first-order valence-electron chi connectivity index (χ1n) is 7.00. The van der Waals surface area contributed by atoms with Crippen LogP contribution in [-0.2, 0) is 12.2 Å². The second-order valence-electron chi connectivity index (χ2n) is 4.61. The Hall–Kier alpha value is -2.55. The van der Waals surface area contributed by atoms with Crippen molar-refractivity contribution in [3.63, 3.8) is 0 Å². The molecule has 0 atom stereocenters. The quantitative estimate of drug-likeness (QED) is 0.539. The number of nitrogens with zero attached hydrogens (tertiary/aromatic N) is 5. The van der Waals surface area contributed by atoms with Gasteiger partial charge >= 0.3 is 0 Å². The van der Waals surface area contributed by atoms with Gasteiger partial charge in [-0.3, -0.25) is 0 Å². The zero-order valence-electron chi connectivity index (χ0n) is 12.8. The number of rotatable bonds is 6. The highest BCUT2D eigenvalue weighted by Gasteiger charge is 2.16. The summed E-state index contributed by atoms with van der Waals surface area (Å²) >= 11 is 1.38. The third-order valence-electron chi connectivity index (χ3n) is 3.15. The predicted octanol–water partition coefficient (Wildman–Crippen LogP) is 1.91. The average Bonchev–Trinajstić information content (AvgIpc) is 3.19. The van der Waals surface area contributed by atoms with Crippen LogP contribution in [0.15, 0.2) is 33.8 Å². The summed E-state index contributed by atoms with van der Waals surface area (Å²) in [6.45, 7) is 1.96. The van der Waals surface area contributed by atoms with Crippen LogP contribution in [0.25, 0.3) is 11.4 Å². The van der Waals surface area contributed by atoms with E-state index < -0.39 is 0 Å². The summed E-state index contributed by atoms with van der Waals surface area (Å²) in [7, 11) is 1.60. The Morgan fingerprint density at radius 1 is 1.17 bits per heavy atom. The number of hydrogen-bond acceptors (Lipinski definition) is 8. The van der Waals surface area contributed by atoms with Crippen molar-refractivity contribution < 1.29 is 9.15 Å². The van der Waals surface area contributed by atoms with Crippen LogP contribution in [-0.4, -0.2) is 32.2 Å². The molecule has 0 aliphatic carbocycles. The highest BCUT2D eigenvalue weighted by atomic mass is 32.2. The molecule has 0 saturated heterocycles. The third-order valence-corrected chi connectivity index (χ3v) is 4.08. The highest BCUT2D eigenvalue weighted by Crippen LogP contribution is 2.30. The fraction of sp³-hybridized carbons (Fsp3) is 0.286. The molecule has 0 amide bonds. The lowest BCUT2D eigenvalue weighted by Crippen LogP contribution is -2.12. The Kier molecular flexibility index (Phi) is 4.47. The van der Waals surface area contributed by atoms with E-state index in [0.29, 0.717) is 40.7 Å². The van der Waals surface area contributed by atoms with Gasteiger partial charge in [0.25, 0.3) is 0 Å². The van der Waals surface area contributed by atoms with Crippen LogP contribution < -0.4 is 10.6 Å². The fourth-order valence-electron chi connectivity index (χ4n) is 2.00. The second-order valence-corrected chi connectivity index (χ2v) is 5.55. The fourth-order valence-corrected chi connectivity index (χ4v) is 2.70. The molecule has 9 heteroatoms. The van der Waals surface area contributed by atoms with Crippen molar-refractivity contribution in [2.24, 2.45) is 0 Å². The first kappa shape index (κ1) is 15.3. The summed E-state index contributed by atoms with van der Waals surface area (Å²) < 4.78 is 12.2. The lowest BCUT2D eigenvalue weighted by molar-refractivity contribution is 0.416. The minimum atomic E-state index is 0.480. The summed E-state index contributed by atoms with van der Waals surface area (Å²) in [5.74, 6) is 8.95. The minimum absolute atomic E-state index is 0.480. The molecule has 0 fully saturated rings. The number of nitrogens with two attached hydrogens (primary N) is 1. The average molecular weight is 332 g/mol. The number of methoxy groups -OCH3 is 1. The molecule has 0 spiro atoms. The van der Waals surface area contributed by atoms with E-state index in [1.54, 1.807) is 7.11 Å². The van der Waals surface area contributed by atoms with Crippen molar-refractivity contribution in [3.8, 4) is 17.1 Å². The number of aromatic nitrogens is 5. The zero-order valence-corrected chi connectivity index (χ0v) is 13.6. The van der Waals surface area contributed by atoms with E-state index in [1.807, 2.05) is 31.2 Å². The summed E-state index contributed by atoms with van der Waals surface area (Å²) in [6, 6.07) is 7.51. The highest BCUT2D eigenvalue weighted by molar-refractivity contribution is 7.98. The number of benzene rings is 1. The molecule has 120 valence electrons. The predicted molar refractivity (Wildman–Crippen MR) is 85.4 cm³/mol. The van der Waals surface area contributed by atoms with E-state index in [2.05, 4.69) is 20.4 Å². The monoisotopic (exact) mass is 332 g/mol. The van der Waals surface area contributed by atoms with Gasteiger partial charge in [0, 0.05) is 6.42 Å². The van der Waals surface area contributed by atoms with Crippen molar-refractivity contribution in [2.75, 3.05) is 13.0 Å². The number of ether oxygens (including phenoxy) is 1. The van der Waals surface area contributed by atoms with Gasteiger partial charge in [-0.1, -0.05) is 30.8 Å². The van der Waals surface area contributed by atoms with Gasteiger partial charge in [0.2, 0.25) is 16.9 Å². The maximum atomic E-state index is 6.10. The van der Waals surface area contributed by atoms with Crippen LogP contribution in [0.3, 0.4) is 0 Å². The van der Waals surface area contributed by atoms with E-state index in [9.17, 15) is 0 Å². The van der Waals surface area contributed by atoms with Gasteiger partial charge in [-0.05, 0) is 12.1 Å². The summed E-state index contributed by atoms with van der Waals surface area (Å²) in [5, 5.41) is 16.7. The first-order valence-corrected chi connectivity index (χ1v) is 7.99. The van der Waals surface area contributed by atoms with Crippen LogP contribution in [0, 0.1) is 0 Å². The minimum Gasteiger partial charge on any atom is -0.496 e. The number of hydrogen-bond donors (Lipinski definition) is 1. The van der Waals surface area contributed by atoms with Crippen LogP contribution in [0.1, 0.15) is 18.7 Å². The molecule has 2 heterocycles. The van der Waals surface area contributed by atoms with E-state index in [4.69, 9.17) is 15.0 Å². The number of aryl methyl sites for hydroxylation is 1. The molecule has 8 nitrogen and oxygen atoms in total. The Labute approximate surface area is 137 Å². The van der Waals surface area contributed by atoms with Crippen molar-refractivity contribution in [2.45, 2.75) is 24.3 Å². The largest absolute Gasteiger partial charge is 0.496 e. The Morgan fingerprint density at radius 3 is 2.70 bits per heavy atom. The Bertz CT molecular complexity index is 800. The number of nitrogen functional groups attached to an aromatic ring is 1. The molecule has 3 aromatic rings. The lowest BCUT2D eigenvalue weighted by Gasteiger charge is -2.07. The maximum Gasteiger partial charge on any atom is 0.226 e. The summed E-state index contributed by atoms with van der Waals surface area (Å²) in [5.41, 5.74) is 0.780. The molecule has 23 heavy (non-hydrogen) atoms. The standard InChI is InChI=1S/C14H16N6O2S/c1-3-11-16-17-12(22-11)8-23-14-19-18-13(20(14)15)9-6-4-5-7-10(9)21-2/h4-7H,3,8,15H2,1-2H3. The molecule has 0 saturated carbocycles. The molecule has 0 aliphatic heterocycles. The van der Waals surface area contributed by atoms with Gasteiger partial charge in [-0.2, -0.15) is 0 Å². The molecule has 3 rings (SSSR count). The molecule has 0 aliphatic rings. The van der Waals surface area contributed by atoms with E-state index >= 15 is 0 Å².